The van der Waals surface area contributed by atoms with Crippen molar-refractivity contribution in [3.05, 3.63) is 24.0 Å². The van der Waals surface area contributed by atoms with Gasteiger partial charge in [-0.2, -0.15) is 13.2 Å². The zero-order chi connectivity index (χ0) is 9.19. The molecule has 0 fully saturated rings. The van der Waals surface area contributed by atoms with Crippen LogP contribution in [0.15, 0.2) is 18.3 Å². The van der Waals surface area contributed by atoms with Gasteiger partial charge in [0.2, 0.25) is 0 Å². The highest BCUT2D eigenvalue weighted by Crippen LogP contribution is 2.26. The van der Waals surface area contributed by atoms with Gasteiger partial charge in [0.15, 0.2) is 0 Å². The molecule has 0 radical (unpaired) electrons. The first kappa shape index (κ1) is 9.12. The fraction of sp³-hybridized carbons (Fsp3) is 0.429. The molecule has 1 unspecified atom stereocenters. The Morgan fingerprint density at radius 2 is 2.17 bits per heavy atom. The lowest BCUT2D eigenvalue weighted by molar-refractivity contribution is -0.138. The summed E-state index contributed by atoms with van der Waals surface area (Å²) in [7, 11) is 0. The first-order valence-corrected chi connectivity index (χ1v) is 3.44. The molecule has 68 valence electrons. The third-order valence-corrected chi connectivity index (χ3v) is 1.47. The van der Waals surface area contributed by atoms with E-state index in [4.69, 9.17) is 5.73 Å². The van der Waals surface area contributed by atoms with E-state index in [1.807, 2.05) is 0 Å². The molecule has 0 spiro atoms. The van der Waals surface area contributed by atoms with Crippen LogP contribution in [0.4, 0.5) is 13.2 Å². The summed E-state index contributed by atoms with van der Waals surface area (Å²) < 4.78 is 35.4. The van der Waals surface area contributed by atoms with E-state index in [0.717, 1.165) is 0 Å². The second kappa shape index (κ2) is 3.18. The number of hydrogen-bond donors (Lipinski definition) is 2. The van der Waals surface area contributed by atoms with Crippen LogP contribution >= 0.6 is 0 Å². The Labute approximate surface area is 67.6 Å². The number of nitrogens with one attached hydrogen (secondary N) is 1. The average Bonchev–Trinajstić information content (AvgIpc) is 2.32. The smallest absolute Gasteiger partial charge is 0.364 e. The van der Waals surface area contributed by atoms with Gasteiger partial charge in [-0.15, -0.1) is 0 Å². The van der Waals surface area contributed by atoms with E-state index in [0.29, 0.717) is 5.69 Å². The summed E-state index contributed by atoms with van der Waals surface area (Å²) in [6, 6.07) is 2.17. The van der Waals surface area contributed by atoms with Gasteiger partial charge in [0, 0.05) is 11.9 Å². The van der Waals surface area contributed by atoms with Crippen LogP contribution in [0.25, 0.3) is 0 Å². The van der Waals surface area contributed by atoms with Crippen LogP contribution < -0.4 is 5.73 Å². The maximum atomic E-state index is 11.8. The molecule has 3 N–H and O–H groups in total. The minimum Gasteiger partial charge on any atom is -0.364 e. The van der Waals surface area contributed by atoms with Crippen molar-refractivity contribution < 1.29 is 13.2 Å². The molecule has 1 atom stereocenters. The van der Waals surface area contributed by atoms with Gasteiger partial charge in [-0.3, -0.25) is 0 Å². The van der Waals surface area contributed by atoms with E-state index in [1.54, 1.807) is 12.3 Å². The van der Waals surface area contributed by atoms with Crippen LogP contribution in [0, 0.1) is 0 Å². The van der Waals surface area contributed by atoms with Gasteiger partial charge in [-0.05, 0) is 12.1 Å². The predicted octanol–water partition coefficient (Wildman–Crippen LogP) is 1.97. The Kier molecular flexibility index (Phi) is 2.42. The van der Waals surface area contributed by atoms with Crippen molar-refractivity contribution in [3.8, 4) is 0 Å². The number of halogens is 3. The Morgan fingerprint density at radius 1 is 1.50 bits per heavy atom. The number of aromatic nitrogens is 1. The van der Waals surface area contributed by atoms with E-state index in [1.165, 1.54) is 6.07 Å². The Morgan fingerprint density at radius 3 is 2.58 bits per heavy atom. The second-order valence-corrected chi connectivity index (χ2v) is 2.55. The quantitative estimate of drug-likeness (QED) is 0.714. The van der Waals surface area contributed by atoms with Crippen molar-refractivity contribution >= 4 is 0 Å². The van der Waals surface area contributed by atoms with Gasteiger partial charge in [-0.25, -0.2) is 0 Å². The van der Waals surface area contributed by atoms with Gasteiger partial charge >= 0.3 is 6.18 Å². The lowest BCUT2D eigenvalue weighted by Gasteiger charge is -2.12. The molecule has 12 heavy (non-hydrogen) atoms. The first-order chi connectivity index (χ1) is 5.49. The van der Waals surface area contributed by atoms with Crippen molar-refractivity contribution in [1.29, 1.82) is 0 Å². The largest absolute Gasteiger partial charge is 0.390 e. The molecule has 0 bridgehead atoms. The second-order valence-electron chi connectivity index (χ2n) is 2.55. The third-order valence-electron chi connectivity index (χ3n) is 1.47. The molecule has 0 aromatic carbocycles. The molecule has 1 heterocycles. The van der Waals surface area contributed by atoms with Crippen LogP contribution in [0.2, 0.25) is 0 Å². The number of hydrogen-bond acceptors (Lipinski definition) is 1. The standard InChI is InChI=1S/C7H9F3N2/c8-7(9,10)4-5(11)6-2-1-3-12-6/h1-3,5,12H,4,11H2. The highest BCUT2D eigenvalue weighted by atomic mass is 19.4. The van der Waals surface area contributed by atoms with E-state index < -0.39 is 18.6 Å². The summed E-state index contributed by atoms with van der Waals surface area (Å²) in [5, 5.41) is 0. The molecule has 0 aliphatic rings. The summed E-state index contributed by atoms with van der Waals surface area (Å²) in [5.41, 5.74) is 5.68. The van der Waals surface area contributed by atoms with Crippen LogP contribution in [-0.4, -0.2) is 11.2 Å². The molecule has 0 aliphatic carbocycles. The SMILES string of the molecule is NC(CC(F)(F)F)c1ccc[nH]1. The predicted molar refractivity (Wildman–Crippen MR) is 38.4 cm³/mol. The third kappa shape index (κ3) is 2.58. The molecule has 2 nitrogen and oxygen atoms in total. The number of alkyl halides is 3. The van der Waals surface area contributed by atoms with Crippen molar-refractivity contribution in [3.63, 3.8) is 0 Å². The Balaban J connectivity index is 2.56. The summed E-state index contributed by atoms with van der Waals surface area (Å²) in [6.07, 6.45) is -3.65. The van der Waals surface area contributed by atoms with Gasteiger partial charge < -0.3 is 10.7 Å². The van der Waals surface area contributed by atoms with E-state index in [-0.39, 0.29) is 0 Å². The van der Waals surface area contributed by atoms with E-state index >= 15 is 0 Å². The molecule has 1 aromatic heterocycles. The molecule has 1 rings (SSSR count). The number of aromatic amines is 1. The normalized spacial score (nSPS) is 14.7. The number of rotatable bonds is 2. The zero-order valence-corrected chi connectivity index (χ0v) is 6.23. The molecule has 0 aliphatic heterocycles. The summed E-state index contributed by atoms with van der Waals surface area (Å²) >= 11 is 0. The lowest BCUT2D eigenvalue weighted by Crippen LogP contribution is -2.20. The topological polar surface area (TPSA) is 41.8 Å². The molecule has 0 saturated heterocycles. The number of nitrogens with two attached hydrogens (primary N) is 1. The molecule has 1 aromatic rings. The highest BCUT2D eigenvalue weighted by molar-refractivity contribution is 5.08. The van der Waals surface area contributed by atoms with Crippen LogP contribution in [0.5, 0.6) is 0 Å². The fourth-order valence-corrected chi connectivity index (χ4v) is 0.934. The monoisotopic (exact) mass is 178 g/mol. The highest BCUT2D eigenvalue weighted by Gasteiger charge is 2.31. The van der Waals surface area contributed by atoms with Crippen molar-refractivity contribution in [2.75, 3.05) is 0 Å². The van der Waals surface area contributed by atoms with Crippen molar-refractivity contribution in [2.45, 2.75) is 18.6 Å². The molecular formula is C7H9F3N2. The Bertz CT molecular complexity index is 227. The first-order valence-electron chi connectivity index (χ1n) is 3.44. The van der Waals surface area contributed by atoms with Crippen LogP contribution in [-0.2, 0) is 0 Å². The van der Waals surface area contributed by atoms with Gasteiger partial charge in [0.1, 0.15) is 0 Å². The fourth-order valence-electron chi connectivity index (χ4n) is 0.934. The minimum absolute atomic E-state index is 0.410. The molecule has 5 heteroatoms. The minimum atomic E-state index is -4.20. The molecule has 0 amide bonds. The van der Waals surface area contributed by atoms with Crippen LogP contribution in [0.1, 0.15) is 18.2 Å². The maximum absolute atomic E-state index is 11.8. The zero-order valence-electron chi connectivity index (χ0n) is 6.23. The average molecular weight is 178 g/mol. The van der Waals surface area contributed by atoms with E-state index in [2.05, 4.69) is 4.98 Å². The Hall–Kier alpha value is -0.970. The number of H-pyrrole nitrogens is 1. The summed E-state index contributed by atoms with van der Waals surface area (Å²) in [4.78, 5) is 2.63. The van der Waals surface area contributed by atoms with Crippen LogP contribution in [0.3, 0.4) is 0 Å². The molecular weight excluding hydrogens is 169 g/mol. The maximum Gasteiger partial charge on any atom is 0.390 e. The molecule has 0 saturated carbocycles. The van der Waals surface area contributed by atoms with Gasteiger partial charge in [-0.1, -0.05) is 0 Å². The van der Waals surface area contributed by atoms with Gasteiger partial charge in [0.25, 0.3) is 0 Å². The summed E-state index contributed by atoms with van der Waals surface area (Å²) in [5.74, 6) is 0. The van der Waals surface area contributed by atoms with Crippen molar-refractivity contribution in [1.82, 2.24) is 4.98 Å². The van der Waals surface area contributed by atoms with Gasteiger partial charge in [0.05, 0.1) is 12.5 Å². The summed E-state index contributed by atoms with van der Waals surface area (Å²) in [6.45, 7) is 0. The van der Waals surface area contributed by atoms with E-state index in [9.17, 15) is 13.2 Å². The van der Waals surface area contributed by atoms with Crippen molar-refractivity contribution in [2.24, 2.45) is 5.73 Å². The lowest BCUT2D eigenvalue weighted by atomic mass is 10.1.